The largest absolute Gasteiger partial charge is 0.365 e. The highest BCUT2D eigenvalue weighted by molar-refractivity contribution is 9.10. The van der Waals surface area contributed by atoms with Crippen LogP contribution in [0.15, 0.2) is 24.4 Å². The standard InChI is InChI=1S/C11H15BrN2O/c12-11(6-2-3-7-13-11)10(15)14-8-4-1-5-9-14/h2-3,6-7,13H,1,4-5,8-9H2. The molecular formula is C11H15BrN2O. The van der Waals surface area contributed by atoms with Crippen LogP contribution in [0.3, 0.4) is 0 Å². The fourth-order valence-corrected chi connectivity index (χ4v) is 2.46. The second-order valence-electron chi connectivity index (χ2n) is 3.93. The molecule has 1 unspecified atom stereocenters. The van der Waals surface area contributed by atoms with Gasteiger partial charge in [-0.15, -0.1) is 0 Å². The van der Waals surface area contributed by atoms with Gasteiger partial charge in [0.25, 0.3) is 5.91 Å². The SMILES string of the molecule is O=C(N1CCCCC1)C1(Br)C=CC=CN1. The second-order valence-corrected chi connectivity index (χ2v) is 5.18. The molecule has 0 spiro atoms. The maximum Gasteiger partial charge on any atom is 0.263 e. The molecule has 15 heavy (non-hydrogen) atoms. The summed E-state index contributed by atoms with van der Waals surface area (Å²) in [5, 5.41) is 3.05. The minimum atomic E-state index is -0.723. The molecule has 1 saturated heterocycles. The Bertz CT molecular complexity index is 308. The highest BCUT2D eigenvalue weighted by Gasteiger charge is 2.36. The molecule has 4 heteroatoms. The molecule has 0 saturated carbocycles. The number of halogens is 1. The van der Waals surface area contributed by atoms with Crippen LogP contribution < -0.4 is 5.32 Å². The lowest BCUT2D eigenvalue weighted by Crippen LogP contribution is -2.52. The van der Waals surface area contributed by atoms with E-state index in [1.54, 1.807) is 6.20 Å². The monoisotopic (exact) mass is 270 g/mol. The van der Waals surface area contributed by atoms with Crippen LogP contribution in [0.4, 0.5) is 0 Å². The summed E-state index contributed by atoms with van der Waals surface area (Å²) in [6, 6.07) is 0. The number of carbonyl (C=O) groups is 1. The molecule has 0 bridgehead atoms. The minimum Gasteiger partial charge on any atom is -0.365 e. The third-order valence-electron chi connectivity index (χ3n) is 2.78. The van der Waals surface area contributed by atoms with E-state index in [4.69, 9.17) is 0 Å². The van der Waals surface area contributed by atoms with Gasteiger partial charge in [0.2, 0.25) is 0 Å². The van der Waals surface area contributed by atoms with Crippen LogP contribution in [-0.2, 0) is 4.79 Å². The van der Waals surface area contributed by atoms with Crippen molar-refractivity contribution in [2.24, 2.45) is 0 Å². The minimum absolute atomic E-state index is 0.114. The van der Waals surface area contributed by atoms with Gasteiger partial charge in [-0.3, -0.25) is 4.79 Å². The molecular weight excluding hydrogens is 256 g/mol. The predicted molar refractivity (Wildman–Crippen MR) is 63.5 cm³/mol. The fourth-order valence-electron chi connectivity index (χ4n) is 1.92. The average molecular weight is 271 g/mol. The van der Waals surface area contributed by atoms with Gasteiger partial charge in [0.15, 0.2) is 4.45 Å². The molecule has 2 aliphatic rings. The first-order chi connectivity index (χ1) is 7.22. The Hall–Kier alpha value is -0.770. The summed E-state index contributed by atoms with van der Waals surface area (Å²) in [7, 11) is 0. The number of hydrogen-bond donors (Lipinski definition) is 1. The van der Waals surface area contributed by atoms with Gasteiger partial charge < -0.3 is 10.2 Å². The lowest BCUT2D eigenvalue weighted by atomic mass is 10.1. The molecule has 0 aromatic heterocycles. The van der Waals surface area contributed by atoms with Gasteiger partial charge in [0, 0.05) is 13.1 Å². The zero-order valence-electron chi connectivity index (χ0n) is 8.58. The number of carbonyl (C=O) groups excluding carboxylic acids is 1. The number of allylic oxidation sites excluding steroid dienone is 2. The van der Waals surface area contributed by atoms with Crippen LogP contribution in [0, 0.1) is 0 Å². The van der Waals surface area contributed by atoms with Gasteiger partial charge in [0.1, 0.15) is 0 Å². The Kier molecular flexibility index (Phi) is 3.14. The molecule has 82 valence electrons. The molecule has 0 aliphatic carbocycles. The van der Waals surface area contributed by atoms with Crippen molar-refractivity contribution in [2.75, 3.05) is 13.1 Å². The first kappa shape index (κ1) is 10.7. The molecule has 1 fully saturated rings. The Morgan fingerprint density at radius 2 is 2.00 bits per heavy atom. The Balaban J connectivity index is 2.05. The van der Waals surface area contributed by atoms with Gasteiger partial charge >= 0.3 is 0 Å². The van der Waals surface area contributed by atoms with Crippen molar-refractivity contribution in [2.45, 2.75) is 23.7 Å². The second kappa shape index (κ2) is 4.39. The highest BCUT2D eigenvalue weighted by atomic mass is 79.9. The smallest absolute Gasteiger partial charge is 0.263 e. The van der Waals surface area contributed by atoms with Gasteiger partial charge in [-0.1, -0.05) is 6.08 Å². The predicted octanol–water partition coefficient (Wildman–Crippen LogP) is 1.76. The maximum absolute atomic E-state index is 12.2. The van der Waals surface area contributed by atoms with E-state index in [0.29, 0.717) is 0 Å². The molecule has 2 heterocycles. The van der Waals surface area contributed by atoms with Gasteiger partial charge in [0.05, 0.1) is 0 Å². The van der Waals surface area contributed by atoms with Crippen LogP contribution in [-0.4, -0.2) is 28.3 Å². The van der Waals surface area contributed by atoms with E-state index in [2.05, 4.69) is 21.2 Å². The van der Waals surface area contributed by atoms with Gasteiger partial charge in [-0.2, -0.15) is 0 Å². The summed E-state index contributed by atoms with van der Waals surface area (Å²) < 4.78 is -0.723. The summed E-state index contributed by atoms with van der Waals surface area (Å²) in [6.07, 6.45) is 10.9. The fraction of sp³-hybridized carbons (Fsp3) is 0.545. The lowest BCUT2D eigenvalue weighted by Gasteiger charge is -2.34. The number of nitrogens with zero attached hydrogens (tertiary/aromatic N) is 1. The van der Waals surface area contributed by atoms with Crippen molar-refractivity contribution in [3.8, 4) is 0 Å². The van der Waals surface area contributed by atoms with Crippen LogP contribution in [0.25, 0.3) is 0 Å². The summed E-state index contributed by atoms with van der Waals surface area (Å²) in [4.78, 5) is 14.1. The number of piperidine rings is 1. The van der Waals surface area contributed by atoms with Crippen LogP contribution in [0.1, 0.15) is 19.3 Å². The van der Waals surface area contributed by atoms with E-state index in [0.717, 1.165) is 25.9 Å². The van der Waals surface area contributed by atoms with E-state index >= 15 is 0 Å². The van der Waals surface area contributed by atoms with Crippen molar-refractivity contribution < 1.29 is 4.79 Å². The summed E-state index contributed by atoms with van der Waals surface area (Å²) in [5.74, 6) is 0.114. The molecule has 2 rings (SSSR count). The van der Waals surface area contributed by atoms with E-state index in [1.807, 2.05) is 23.1 Å². The number of dihydropyridines is 1. The molecule has 0 aromatic carbocycles. The van der Waals surface area contributed by atoms with Crippen molar-refractivity contribution >= 4 is 21.8 Å². The maximum atomic E-state index is 12.2. The molecule has 1 atom stereocenters. The van der Waals surface area contributed by atoms with E-state index < -0.39 is 4.45 Å². The van der Waals surface area contributed by atoms with Crippen LogP contribution in [0.5, 0.6) is 0 Å². The first-order valence-corrected chi connectivity index (χ1v) is 6.12. The third-order valence-corrected chi connectivity index (χ3v) is 3.61. The van der Waals surface area contributed by atoms with Crippen LogP contribution >= 0.6 is 15.9 Å². The van der Waals surface area contributed by atoms with Gasteiger partial charge in [-0.25, -0.2) is 0 Å². The normalized spacial score (nSPS) is 30.1. The van der Waals surface area contributed by atoms with E-state index in [9.17, 15) is 4.79 Å². The summed E-state index contributed by atoms with van der Waals surface area (Å²) in [5.41, 5.74) is 0. The topological polar surface area (TPSA) is 32.3 Å². The lowest BCUT2D eigenvalue weighted by molar-refractivity contribution is -0.133. The first-order valence-electron chi connectivity index (χ1n) is 5.33. The van der Waals surface area contributed by atoms with Crippen molar-refractivity contribution in [1.29, 1.82) is 0 Å². The quantitative estimate of drug-likeness (QED) is 0.582. The summed E-state index contributed by atoms with van der Waals surface area (Å²) >= 11 is 3.46. The third kappa shape index (κ3) is 2.25. The zero-order chi connectivity index (χ0) is 10.7. The zero-order valence-corrected chi connectivity index (χ0v) is 10.2. The average Bonchev–Trinajstić information content (AvgIpc) is 2.30. The number of nitrogens with one attached hydrogen (secondary N) is 1. The van der Waals surface area contributed by atoms with Gasteiger partial charge in [-0.05, 0) is 53.5 Å². The number of amides is 1. The van der Waals surface area contributed by atoms with Crippen LogP contribution in [0.2, 0.25) is 0 Å². The highest BCUT2D eigenvalue weighted by Crippen LogP contribution is 2.24. The molecule has 1 amide bonds. The number of hydrogen-bond acceptors (Lipinski definition) is 2. The number of alkyl halides is 1. The Labute approximate surface area is 98.3 Å². The molecule has 2 aliphatic heterocycles. The Morgan fingerprint density at radius 3 is 2.60 bits per heavy atom. The number of likely N-dealkylation sites (tertiary alicyclic amines) is 1. The number of rotatable bonds is 1. The molecule has 3 nitrogen and oxygen atoms in total. The van der Waals surface area contributed by atoms with Crippen molar-refractivity contribution in [1.82, 2.24) is 10.2 Å². The Morgan fingerprint density at radius 1 is 1.27 bits per heavy atom. The molecule has 1 N–H and O–H groups in total. The summed E-state index contributed by atoms with van der Waals surface area (Å²) in [6.45, 7) is 1.76. The van der Waals surface area contributed by atoms with Crippen molar-refractivity contribution in [3.05, 3.63) is 24.4 Å². The van der Waals surface area contributed by atoms with E-state index in [-0.39, 0.29) is 5.91 Å². The van der Waals surface area contributed by atoms with Crippen molar-refractivity contribution in [3.63, 3.8) is 0 Å². The van der Waals surface area contributed by atoms with E-state index in [1.165, 1.54) is 6.42 Å². The molecule has 0 aromatic rings. The molecule has 0 radical (unpaired) electrons.